The first-order valence-corrected chi connectivity index (χ1v) is 7.79. The predicted molar refractivity (Wildman–Crippen MR) is 95.8 cm³/mol. The van der Waals surface area contributed by atoms with Gasteiger partial charge in [0.2, 0.25) is 0 Å². The van der Waals surface area contributed by atoms with Gasteiger partial charge >= 0.3 is 0 Å². The monoisotopic (exact) mass is 398 g/mol. The van der Waals surface area contributed by atoms with Gasteiger partial charge in [-0.05, 0) is 70.6 Å². The minimum absolute atomic E-state index is 0.208. The third-order valence-electron chi connectivity index (χ3n) is 2.74. The van der Waals surface area contributed by atoms with Crippen LogP contribution in [0.2, 0.25) is 5.02 Å². The Kier molecular flexibility index (Phi) is 5.76. The van der Waals surface area contributed by atoms with Crippen molar-refractivity contribution in [2.45, 2.75) is 0 Å². The maximum Gasteiger partial charge on any atom is 0.257 e. The van der Waals surface area contributed by atoms with Gasteiger partial charge in [0.25, 0.3) is 5.91 Å². The van der Waals surface area contributed by atoms with Gasteiger partial charge in [-0.25, -0.2) is 0 Å². The fraction of sp³-hybridized carbons (Fsp3) is 0.0667. The van der Waals surface area contributed by atoms with Gasteiger partial charge in [0.15, 0.2) is 5.11 Å². The normalized spacial score (nSPS) is 9.95. The standard InChI is InChI=1S/C15H12BrClN2O2S/c1-21-13-7-2-9(8-12(13)16)14(20)19-15(22)18-11-5-3-10(17)4-6-11/h2-8H,1H3,(H2,18,19,20,22). The molecule has 2 N–H and O–H groups in total. The van der Waals surface area contributed by atoms with Crippen LogP contribution < -0.4 is 15.4 Å². The second kappa shape index (κ2) is 7.58. The molecule has 0 fully saturated rings. The van der Waals surface area contributed by atoms with Crippen LogP contribution in [0.5, 0.6) is 5.75 Å². The molecule has 0 aromatic heterocycles. The van der Waals surface area contributed by atoms with Gasteiger partial charge in [-0.15, -0.1) is 0 Å². The van der Waals surface area contributed by atoms with Crippen molar-refractivity contribution in [3.63, 3.8) is 0 Å². The molecule has 0 saturated heterocycles. The number of amides is 1. The van der Waals surface area contributed by atoms with E-state index in [0.717, 1.165) is 5.69 Å². The number of anilines is 1. The highest BCUT2D eigenvalue weighted by Crippen LogP contribution is 2.25. The zero-order valence-electron chi connectivity index (χ0n) is 11.5. The van der Waals surface area contributed by atoms with E-state index in [1.807, 2.05) is 0 Å². The van der Waals surface area contributed by atoms with Crippen LogP contribution in [0.15, 0.2) is 46.9 Å². The first-order chi connectivity index (χ1) is 10.5. The van der Waals surface area contributed by atoms with Crippen molar-refractivity contribution in [1.29, 1.82) is 0 Å². The molecule has 22 heavy (non-hydrogen) atoms. The van der Waals surface area contributed by atoms with E-state index in [9.17, 15) is 4.79 Å². The highest BCUT2D eigenvalue weighted by molar-refractivity contribution is 9.10. The Balaban J connectivity index is 2.00. The predicted octanol–water partition coefficient (Wildman–Crippen LogP) is 4.24. The number of halogens is 2. The molecule has 0 spiro atoms. The van der Waals surface area contributed by atoms with Crippen LogP contribution in [0.3, 0.4) is 0 Å². The molecule has 4 nitrogen and oxygen atoms in total. The van der Waals surface area contributed by atoms with Crippen LogP contribution in [-0.4, -0.2) is 18.1 Å². The van der Waals surface area contributed by atoms with E-state index in [0.29, 0.717) is 20.8 Å². The summed E-state index contributed by atoms with van der Waals surface area (Å²) >= 11 is 14.3. The van der Waals surface area contributed by atoms with Crippen LogP contribution in [0.25, 0.3) is 0 Å². The molecule has 0 saturated carbocycles. The van der Waals surface area contributed by atoms with E-state index in [-0.39, 0.29) is 11.0 Å². The number of methoxy groups -OCH3 is 1. The van der Waals surface area contributed by atoms with E-state index in [4.69, 9.17) is 28.6 Å². The van der Waals surface area contributed by atoms with Gasteiger partial charge in [0, 0.05) is 16.3 Å². The number of hydrogen-bond donors (Lipinski definition) is 2. The van der Waals surface area contributed by atoms with Crippen molar-refractivity contribution >= 4 is 56.5 Å². The molecule has 0 atom stereocenters. The Labute approximate surface area is 146 Å². The number of ether oxygens (including phenoxy) is 1. The Morgan fingerprint density at radius 2 is 1.91 bits per heavy atom. The second-order valence-electron chi connectivity index (χ2n) is 4.26. The van der Waals surface area contributed by atoms with Crippen molar-refractivity contribution in [2.75, 3.05) is 12.4 Å². The average molecular weight is 400 g/mol. The summed E-state index contributed by atoms with van der Waals surface area (Å²) in [7, 11) is 1.56. The van der Waals surface area contributed by atoms with Crippen LogP contribution in [0.4, 0.5) is 5.69 Å². The zero-order chi connectivity index (χ0) is 16.1. The van der Waals surface area contributed by atoms with Crippen molar-refractivity contribution in [3.05, 3.63) is 57.5 Å². The molecule has 7 heteroatoms. The lowest BCUT2D eigenvalue weighted by Crippen LogP contribution is -2.34. The maximum atomic E-state index is 12.1. The first kappa shape index (κ1) is 16.7. The summed E-state index contributed by atoms with van der Waals surface area (Å²) in [5.74, 6) is 0.341. The lowest BCUT2D eigenvalue weighted by Gasteiger charge is -2.10. The summed E-state index contributed by atoms with van der Waals surface area (Å²) in [5, 5.41) is 6.36. The van der Waals surface area contributed by atoms with E-state index < -0.39 is 0 Å². The van der Waals surface area contributed by atoms with Crippen LogP contribution >= 0.6 is 39.7 Å². The molecule has 0 aliphatic carbocycles. The minimum atomic E-state index is -0.310. The van der Waals surface area contributed by atoms with Gasteiger partial charge in [0.05, 0.1) is 11.6 Å². The molecular formula is C15H12BrClN2O2S. The molecule has 114 valence electrons. The molecule has 0 aliphatic rings. The summed E-state index contributed by atoms with van der Waals surface area (Å²) < 4.78 is 5.82. The smallest absolute Gasteiger partial charge is 0.257 e. The number of thiocarbonyl (C=S) groups is 1. The van der Waals surface area contributed by atoms with Crippen LogP contribution in [0.1, 0.15) is 10.4 Å². The topological polar surface area (TPSA) is 50.4 Å². The summed E-state index contributed by atoms with van der Waals surface area (Å²) in [6.45, 7) is 0. The molecule has 0 unspecified atom stereocenters. The highest BCUT2D eigenvalue weighted by Gasteiger charge is 2.10. The van der Waals surface area contributed by atoms with E-state index in [1.54, 1.807) is 49.6 Å². The van der Waals surface area contributed by atoms with E-state index >= 15 is 0 Å². The van der Waals surface area contributed by atoms with E-state index in [1.165, 1.54) is 0 Å². The zero-order valence-corrected chi connectivity index (χ0v) is 14.7. The third-order valence-corrected chi connectivity index (χ3v) is 3.82. The maximum absolute atomic E-state index is 12.1. The van der Waals surface area contributed by atoms with Crippen molar-refractivity contribution in [1.82, 2.24) is 5.32 Å². The molecule has 0 aliphatic heterocycles. The van der Waals surface area contributed by atoms with Crippen LogP contribution in [-0.2, 0) is 0 Å². The first-order valence-electron chi connectivity index (χ1n) is 6.21. The summed E-state index contributed by atoms with van der Waals surface area (Å²) in [6.07, 6.45) is 0. The van der Waals surface area contributed by atoms with Crippen LogP contribution in [0, 0.1) is 0 Å². The Morgan fingerprint density at radius 3 is 2.50 bits per heavy atom. The molecule has 1 amide bonds. The number of hydrogen-bond acceptors (Lipinski definition) is 3. The van der Waals surface area contributed by atoms with Crippen molar-refractivity contribution < 1.29 is 9.53 Å². The van der Waals surface area contributed by atoms with E-state index in [2.05, 4.69) is 26.6 Å². The summed E-state index contributed by atoms with van der Waals surface area (Å²) in [6, 6.07) is 12.0. The molecule has 0 heterocycles. The Bertz CT molecular complexity index is 707. The van der Waals surface area contributed by atoms with Crippen molar-refractivity contribution in [3.8, 4) is 5.75 Å². The minimum Gasteiger partial charge on any atom is -0.496 e. The van der Waals surface area contributed by atoms with Gasteiger partial charge in [0.1, 0.15) is 5.75 Å². The fourth-order valence-corrected chi connectivity index (χ4v) is 2.56. The third kappa shape index (κ3) is 4.43. The van der Waals surface area contributed by atoms with Gasteiger partial charge < -0.3 is 10.1 Å². The molecule has 2 aromatic carbocycles. The molecule has 2 rings (SSSR count). The SMILES string of the molecule is COc1ccc(C(=O)NC(=S)Nc2ccc(Cl)cc2)cc1Br. The molecule has 0 bridgehead atoms. The highest BCUT2D eigenvalue weighted by atomic mass is 79.9. The molecule has 2 aromatic rings. The number of benzene rings is 2. The average Bonchev–Trinajstić information content (AvgIpc) is 2.49. The number of carbonyl (C=O) groups excluding carboxylic acids is 1. The largest absolute Gasteiger partial charge is 0.496 e. The van der Waals surface area contributed by atoms with Gasteiger partial charge in [-0.1, -0.05) is 11.6 Å². The second-order valence-corrected chi connectivity index (χ2v) is 5.96. The Morgan fingerprint density at radius 1 is 1.23 bits per heavy atom. The number of carbonyl (C=O) groups is 1. The van der Waals surface area contributed by atoms with Gasteiger partial charge in [-0.2, -0.15) is 0 Å². The number of rotatable bonds is 3. The van der Waals surface area contributed by atoms with Crippen molar-refractivity contribution in [2.24, 2.45) is 0 Å². The fourth-order valence-electron chi connectivity index (χ4n) is 1.68. The Hall–Kier alpha value is -1.63. The van der Waals surface area contributed by atoms with Gasteiger partial charge in [-0.3, -0.25) is 10.1 Å². The molecule has 0 radical (unpaired) electrons. The summed E-state index contributed by atoms with van der Waals surface area (Å²) in [5.41, 5.74) is 1.21. The lowest BCUT2D eigenvalue weighted by atomic mass is 10.2. The number of nitrogens with one attached hydrogen (secondary N) is 2. The lowest BCUT2D eigenvalue weighted by molar-refractivity contribution is 0.0977. The quantitative estimate of drug-likeness (QED) is 0.758. The summed E-state index contributed by atoms with van der Waals surface area (Å²) in [4.78, 5) is 12.1. The molecular weight excluding hydrogens is 388 g/mol.